The molecule has 0 aliphatic rings. The highest BCUT2D eigenvalue weighted by Crippen LogP contribution is 2.35. The predicted octanol–water partition coefficient (Wildman–Crippen LogP) is 5.80. The van der Waals surface area contributed by atoms with Crippen LogP contribution in [0.5, 0.6) is 0 Å². The van der Waals surface area contributed by atoms with Gasteiger partial charge in [0.15, 0.2) is 0 Å². The number of hydrogen-bond acceptors (Lipinski definition) is 5. The number of anilines is 1. The third-order valence-corrected chi connectivity index (χ3v) is 6.68. The van der Waals surface area contributed by atoms with Crippen LogP contribution < -0.4 is 5.32 Å². The molecule has 0 aliphatic carbocycles. The number of nitrogens with zero attached hydrogens (tertiary/aromatic N) is 1. The molecule has 0 saturated heterocycles. The molecule has 0 radical (unpaired) electrons. The Morgan fingerprint density at radius 3 is 2.26 bits per heavy atom. The van der Waals surface area contributed by atoms with Gasteiger partial charge in [0.2, 0.25) is 26.6 Å². The Morgan fingerprint density at radius 1 is 0.935 bits per heavy atom. The van der Waals surface area contributed by atoms with E-state index in [4.69, 9.17) is 4.42 Å². The van der Waals surface area contributed by atoms with Gasteiger partial charge in [-0.25, -0.2) is 12.8 Å². The first kappa shape index (κ1) is 20.8. The highest BCUT2D eigenvalue weighted by molar-refractivity contribution is 7.91. The molecular weight excluding hydrogens is 415 g/mol. The summed E-state index contributed by atoms with van der Waals surface area (Å²) in [5, 5.41) is 2.91. The van der Waals surface area contributed by atoms with E-state index in [1.165, 1.54) is 12.1 Å². The van der Waals surface area contributed by atoms with Crippen LogP contribution >= 0.6 is 0 Å². The summed E-state index contributed by atoms with van der Waals surface area (Å²) >= 11 is 0. The van der Waals surface area contributed by atoms with Gasteiger partial charge < -0.3 is 9.73 Å². The molecule has 0 spiro atoms. The van der Waals surface area contributed by atoms with Gasteiger partial charge in [0.25, 0.3) is 0 Å². The van der Waals surface area contributed by atoms with Crippen molar-refractivity contribution in [3.05, 3.63) is 95.8 Å². The van der Waals surface area contributed by atoms with E-state index in [-0.39, 0.29) is 27.7 Å². The lowest BCUT2D eigenvalue weighted by Crippen LogP contribution is -2.10. The van der Waals surface area contributed by atoms with Crippen LogP contribution in [0.3, 0.4) is 0 Å². The molecule has 158 valence electrons. The Balaban J connectivity index is 1.82. The molecule has 7 heteroatoms. The number of nitrogens with one attached hydrogen (secondary N) is 1. The fourth-order valence-electron chi connectivity index (χ4n) is 3.25. The zero-order valence-corrected chi connectivity index (χ0v) is 17.9. The minimum atomic E-state index is -4.05. The largest absolute Gasteiger partial charge is 0.419 e. The summed E-state index contributed by atoms with van der Waals surface area (Å²) in [6.07, 6.45) is 0. The summed E-state index contributed by atoms with van der Waals surface area (Å²) in [5.41, 5.74) is 2.55. The van der Waals surface area contributed by atoms with Crippen LogP contribution in [0.1, 0.15) is 24.1 Å². The van der Waals surface area contributed by atoms with Crippen molar-refractivity contribution in [2.45, 2.75) is 29.8 Å². The van der Waals surface area contributed by atoms with E-state index < -0.39 is 15.7 Å². The molecule has 0 saturated carbocycles. The third-order valence-electron chi connectivity index (χ3n) is 5.00. The van der Waals surface area contributed by atoms with Gasteiger partial charge in [0, 0.05) is 5.56 Å². The van der Waals surface area contributed by atoms with E-state index in [0.29, 0.717) is 5.56 Å². The maximum atomic E-state index is 13.3. The van der Waals surface area contributed by atoms with Gasteiger partial charge in [0.05, 0.1) is 10.9 Å². The monoisotopic (exact) mass is 436 g/mol. The van der Waals surface area contributed by atoms with Gasteiger partial charge in [-0.05, 0) is 55.3 Å². The molecule has 0 fully saturated rings. The smallest absolute Gasteiger partial charge is 0.234 e. The molecule has 31 heavy (non-hydrogen) atoms. The Morgan fingerprint density at radius 2 is 1.58 bits per heavy atom. The van der Waals surface area contributed by atoms with Crippen molar-refractivity contribution < 1.29 is 17.2 Å². The highest BCUT2D eigenvalue weighted by atomic mass is 32.2. The zero-order chi connectivity index (χ0) is 22.0. The number of oxazole rings is 1. The number of sulfone groups is 1. The first-order valence-electron chi connectivity index (χ1n) is 9.75. The average Bonchev–Trinajstić information content (AvgIpc) is 3.19. The van der Waals surface area contributed by atoms with Crippen molar-refractivity contribution in [1.29, 1.82) is 0 Å². The Hall–Kier alpha value is -3.45. The summed E-state index contributed by atoms with van der Waals surface area (Å²) in [7, 11) is -4.05. The second kappa shape index (κ2) is 8.35. The lowest BCUT2D eigenvalue weighted by molar-refractivity contribution is 0.570. The number of aromatic nitrogens is 1. The highest BCUT2D eigenvalue weighted by Gasteiger charge is 2.29. The van der Waals surface area contributed by atoms with Crippen molar-refractivity contribution in [2.75, 3.05) is 5.32 Å². The quantitative estimate of drug-likeness (QED) is 0.387. The zero-order valence-electron chi connectivity index (χ0n) is 17.0. The molecule has 4 rings (SSSR count). The summed E-state index contributed by atoms with van der Waals surface area (Å²) in [5.74, 6) is -0.281. The SMILES string of the molecule is Cc1ccccc1-c1nc(S(=O)(=O)c2ccc(F)cc2)c(NC(C)c2ccccc2)o1. The van der Waals surface area contributed by atoms with Gasteiger partial charge >= 0.3 is 0 Å². The standard InChI is InChI=1S/C24H21FN2O3S/c1-16-8-6-7-11-21(16)22-27-24(31(28,29)20-14-12-19(25)13-15-20)23(30-22)26-17(2)18-9-4-3-5-10-18/h3-15,17,26H,1-2H3. The Bertz CT molecular complexity index is 1300. The minimum absolute atomic E-state index is 0.0407. The lowest BCUT2D eigenvalue weighted by atomic mass is 10.1. The molecule has 1 N–H and O–H groups in total. The lowest BCUT2D eigenvalue weighted by Gasteiger charge is -2.14. The maximum Gasteiger partial charge on any atom is 0.234 e. The maximum absolute atomic E-state index is 13.3. The normalized spacial score (nSPS) is 12.5. The van der Waals surface area contributed by atoms with Crippen LogP contribution in [0.4, 0.5) is 10.3 Å². The van der Waals surface area contributed by atoms with Crippen LogP contribution in [0.2, 0.25) is 0 Å². The number of halogens is 1. The van der Waals surface area contributed by atoms with E-state index in [0.717, 1.165) is 23.3 Å². The van der Waals surface area contributed by atoms with Gasteiger partial charge in [-0.2, -0.15) is 4.98 Å². The van der Waals surface area contributed by atoms with Crippen LogP contribution in [0.25, 0.3) is 11.5 Å². The molecular formula is C24H21FN2O3S. The van der Waals surface area contributed by atoms with Gasteiger partial charge in [-0.1, -0.05) is 48.5 Å². The predicted molar refractivity (Wildman–Crippen MR) is 117 cm³/mol. The van der Waals surface area contributed by atoms with Crippen molar-refractivity contribution >= 4 is 15.7 Å². The molecule has 0 bridgehead atoms. The van der Waals surface area contributed by atoms with Crippen LogP contribution in [-0.2, 0) is 9.84 Å². The van der Waals surface area contributed by atoms with E-state index in [1.807, 2.05) is 68.4 Å². The summed E-state index contributed by atoms with van der Waals surface area (Å²) < 4.78 is 45.9. The summed E-state index contributed by atoms with van der Waals surface area (Å²) in [6, 6.07) is 21.4. The molecule has 0 amide bonds. The summed E-state index contributed by atoms with van der Waals surface area (Å²) in [4.78, 5) is 4.29. The number of hydrogen-bond donors (Lipinski definition) is 1. The van der Waals surface area contributed by atoms with Crippen molar-refractivity contribution in [2.24, 2.45) is 0 Å². The van der Waals surface area contributed by atoms with Gasteiger partial charge in [0.1, 0.15) is 5.82 Å². The van der Waals surface area contributed by atoms with Crippen molar-refractivity contribution in [3.63, 3.8) is 0 Å². The first-order chi connectivity index (χ1) is 14.9. The fourth-order valence-corrected chi connectivity index (χ4v) is 4.52. The van der Waals surface area contributed by atoms with E-state index in [1.54, 1.807) is 0 Å². The van der Waals surface area contributed by atoms with Crippen LogP contribution in [0, 0.1) is 12.7 Å². The fraction of sp³-hybridized carbons (Fsp3) is 0.125. The second-order valence-corrected chi connectivity index (χ2v) is 9.07. The first-order valence-corrected chi connectivity index (χ1v) is 11.2. The molecule has 4 aromatic rings. The number of rotatable bonds is 6. The van der Waals surface area contributed by atoms with Crippen LogP contribution in [0.15, 0.2) is 93.2 Å². The van der Waals surface area contributed by atoms with E-state index >= 15 is 0 Å². The van der Waals surface area contributed by atoms with Crippen LogP contribution in [-0.4, -0.2) is 13.4 Å². The average molecular weight is 437 g/mol. The molecule has 0 aliphatic heterocycles. The molecule has 3 aromatic carbocycles. The molecule has 1 atom stereocenters. The van der Waals surface area contributed by atoms with Gasteiger partial charge in [-0.3, -0.25) is 0 Å². The Kier molecular flexibility index (Phi) is 5.61. The van der Waals surface area contributed by atoms with E-state index in [9.17, 15) is 12.8 Å². The second-order valence-electron chi connectivity index (χ2n) is 7.20. The minimum Gasteiger partial charge on any atom is -0.419 e. The third kappa shape index (κ3) is 4.22. The van der Waals surface area contributed by atoms with Gasteiger partial charge in [-0.15, -0.1) is 0 Å². The molecule has 1 aromatic heterocycles. The topological polar surface area (TPSA) is 72.2 Å². The van der Waals surface area contributed by atoms with Crippen molar-refractivity contribution in [1.82, 2.24) is 4.98 Å². The van der Waals surface area contributed by atoms with Crippen molar-refractivity contribution in [3.8, 4) is 11.5 Å². The number of benzene rings is 3. The Labute approximate surface area is 180 Å². The molecule has 5 nitrogen and oxygen atoms in total. The molecule has 1 unspecified atom stereocenters. The molecule has 1 heterocycles. The summed E-state index contributed by atoms with van der Waals surface area (Å²) in [6.45, 7) is 3.80. The van der Waals surface area contributed by atoms with E-state index in [2.05, 4.69) is 10.3 Å². The number of aryl methyl sites for hydroxylation is 1.